The number of benzene rings is 1. The molecule has 0 unspecified atom stereocenters. The summed E-state index contributed by atoms with van der Waals surface area (Å²) < 4.78 is 28.2. The van der Waals surface area contributed by atoms with Gasteiger partial charge in [0.15, 0.2) is 0 Å². The van der Waals surface area contributed by atoms with Crippen LogP contribution in [-0.4, -0.2) is 41.6 Å². The minimum absolute atomic E-state index is 0.167. The molecule has 0 aliphatic carbocycles. The SMILES string of the molecule is CCN(Cc1c[nH]c2ccccc12)S(=O)(=O)N(C)[C@@H](C)CC#N. The topological polar surface area (TPSA) is 80.2 Å². The van der Waals surface area contributed by atoms with Crippen LogP contribution in [0.4, 0.5) is 0 Å². The van der Waals surface area contributed by atoms with Crippen molar-refractivity contribution in [3.05, 3.63) is 36.0 Å². The van der Waals surface area contributed by atoms with Crippen LogP contribution < -0.4 is 0 Å². The van der Waals surface area contributed by atoms with Crippen molar-refractivity contribution in [3.8, 4) is 6.07 Å². The lowest BCUT2D eigenvalue weighted by atomic mass is 10.2. The number of nitriles is 1. The van der Waals surface area contributed by atoms with Crippen molar-refractivity contribution < 1.29 is 8.42 Å². The van der Waals surface area contributed by atoms with Crippen molar-refractivity contribution >= 4 is 21.1 Å². The lowest BCUT2D eigenvalue weighted by Gasteiger charge is -2.29. The normalized spacial score (nSPS) is 13.6. The van der Waals surface area contributed by atoms with Crippen LogP contribution in [0.2, 0.25) is 0 Å². The minimum Gasteiger partial charge on any atom is -0.361 e. The molecule has 1 aromatic heterocycles. The van der Waals surface area contributed by atoms with Crippen LogP contribution in [0.5, 0.6) is 0 Å². The van der Waals surface area contributed by atoms with Gasteiger partial charge in [0.1, 0.15) is 0 Å². The minimum atomic E-state index is -3.62. The summed E-state index contributed by atoms with van der Waals surface area (Å²) in [5, 5.41) is 9.81. The first-order valence-electron chi connectivity index (χ1n) is 7.56. The zero-order chi connectivity index (χ0) is 17.0. The summed E-state index contributed by atoms with van der Waals surface area (Å²) in [4.78, 5) is 3.16. The number of nitrogens with one attached hydrogen (secondary N) is 1. The van der Waals surface area contributed by atoms with E-state index in [2.05, 4.69) is 4.98 Å². The van der Waals surface area contributed by atoms with E-state index in [1.54, 1.807) is 6.92 Å². The van der Waals surface area contributed by atoms with Crippen molar-refractivity contribution in [2.75, 3.05) is 13.6 Å². The first kappa shape index (κ1) is 17.5. The maximum Gasteiger partial charge on any atom is 0.282 e. The highest BCUT2D eigenvalue weighted by Gasteiger charge is 2.29. The molecule has 7 heteroatoms. The second kappa shape index (κ2) is 7.13. The molecule has 0 saturated heterocycles. The lowest BCUT2D eigenvalue weighted by molar-refractivity contribution is 0.329. The van der Waals surface area contributed by atoms with E-state index < -0.39 is 10.2 Å². The number of nitrogens with zero attached hydrogens (tertiary/aromatic N) is 3. The van der Waals surface area contributed by atoms with Gasteiger partial charge < -0.3 is 4.98 Å². The standard InChI is InChI=1S/C16H22N4O2S/c1-4-20(23(21,22)19(3)13(2)9-10-17)12-14-11-18-16-8-6-5-7-15(14)16/h5-8,11,13,18H,4,9,12H2,1-3H3/t13-/m0/s1. The Hall–Kier alpha value is -1.88. The predicted molar refractivity (Wildman–Crippen MR) is 90.8 cm³/mol. The van der Waals surface area contributed by atoms with Crippen LogP contribution in [-0.2, 0) is 16.8 Å². The molecule has 0 fully saturated rings. The lowest BCUT2D eigenvalue weighted by Crippen LogP contribution is -2.45. The van der Waals surface area contributed by atoms with Gasteiger partial charge in [-0.25, -0.2) is 0 Å². The van der Waals surface area contributed by atoms with Gasteiger partial charge in [-0.2, -0.15) is 22.3 Å². The van der Waals surface area contributed by atoms with E-state index in [4.69, 9.17) is 5.26 Å². The van der Waals surface area contributed by atoms with Gasteiger partial charge in [-0.1, -0.05) is 25.1 Å². The van der Waals surface area contributed by atoms with E-state index in [1.807, 2.05) is 43.5 Å². The summed E-state index contributed by atoms with van der Waals surface area (Å²) >= 11 is 0. The fourth-order valence-electron chi connectivity index (χ4n) is 2.48. The number of rotatable bonds is 7. The van der Waals surface area contributed by atoms with E-state index in [0.717, 1.165) is 16.5 Å². The van der Waals surface area contributed by atoms with Gasteiger partial charge in [-0.3, -0.25) is 0 Å². The van der Waals surface area contributed by atoms with E-state index >= 15 is 0 Å². The molecule has 0 bridgehead atoms. The largest absolute Gasteiger partial charge is 0.361 e. The molecule has 2 aromatic rings. The van der Waals surface area contributed by atoms with Crippen molar-refractivity contribution in [1.82, 2.24) is 13.6 Å². The zero-order valence-electron chi connectivity index (χ0n) is 13.7. The Labute approximate surface area is 137 Å². The van der Waals surface area contributed by atoms with Crippen molar-refractivity contribution in [1.29, 1.82) is 5.26 Å². The maximum absolute atomic E-state index is 12.8. The Morgan fingerprint density at radius 3 is 2.70 bits per heavy atom. The maximum atomic E-state index is 12.8. The van der Waals surface area contributed by atoms with Crippen molar-refractivity contribution in [3.63, 3.8) is 0 Å². The smallest absolute Gasteiger partial charge is 0.282 e. The Morgan fingerprint density at radius 1 is 1.35 bits per heavy atom. The van der Waals surface area contributed by atoms with E-state index in [-0.39, 0.29) is 12.5 Å². The Kier molecular flexibility index (Phi) is 5.42. The van der Waals surface area contributed by atoms with Crippen LogP contribution in [0, 0.1) is 11.3 Å². The Balaban J connectivity index is 2.27. The molecule has 23 heavy (non-hydrogen) atoms. The molecular formula is C16H22N4O2S. The Bertz CT molecular complexity index is 807. The third-order valence-corrected chi connectivity index (χ3v) is 6.20. The number of fused-ring (bicyclic) bond motifs is 1. The van der Waals surface area contributed by atoms with E-state index in [9.17, 15) is 8.42 Å². The molecule has 0 aliphatic rings. The van der Waals surface area contributed by atoms with Gasteiger partial charge >= 0.3 is 0 Å². The number of hydrogen-bond donors (Lipinski definition) is 1. The number of hydrogen-bond acceptors (Lipinski definition) is 3. The average molecular weight is 334 g/mol. The van der Waals surface area contributed by atoms with Crippen LogP contribution in [0.15, 0.2) is 30.5 Å². The van der Waals surface area contributed by atoms with Gasteiger partial charge in [0.2, 0.25) is 0 Å². The predicted octanol–water partition coefficient (Wildman–Crippen LogP) is 2.47. The molecule has 124 valence electrons. The van der Waals surface area contributed by atoms with Crippen molar-refractivity contribution in [2.24, 2.45) is 0 Å². The molecule has 0 spiro atoms. The molecule has 2 rings (SSSR count). The van der Waals surface area contributed by atoms with E-state index in [1.165, 1.54) is 15.7 Å². The molecule has 6 nitrogen and oxygen atoms in total. The summed E-state index contributed by atoms with van der Waals surface area (Å²) in [7, 11) is -2.09. The van der Waals surface area contributed by atoms with Crippen molar-refractivity contribution in [2.45, 2.75) is 32.9 Å². The molecule has 1 aromatic carbocycles. The summed E-state index contributed by atoms with van der Waals surface area (Å²) in [5.74, 6) is 0. The molecular weight excluding hydrogens is 312 g/mol. The zero-order valence-corrected chi connectivity index (χ0v) is 14.5. The molecule has 0 amide bonds. The fourth-order valence-corrected chi connectivity index (χ4v) is 4.00. The number of aromatic amines is 1. The number of H-pyrrole nitrogens is 1. The summed E-state index contributed by atoms with van der Waals surface area (Å²) in [6.45, 7) is 4.22. The molecule has 1 N–H and O–H groups in total. The highest BCUT2D eigenvalue weighted by atomic mass is 32.2. The van der Waals surface area contributed by atoms with Gasteiger partial charge in [-0.15, -0.1) is 0 Å². The molecule has 1 atom stereocenters. The molecule has 0 saturated carbocycles. The number of para-hydroxylation sites is 1. The molecule has 0 radical (unpaired) electrons. The molecule has 1 heterocycles. The fraction of sp³-hybridized carbons (Fsp3) is 0.438. The van der Waals surface area contributed by atoms with Crippen LogP contribution in [0.1, 0.15) is 25.8 Å². The van der Waals surface area contributed by atoms with Crippen LogP contribution in [0.3, 0.4) is 0 Å². The molecule has 0 aliphatic heterocycles. The summed E-state index contributed by atoms with van der Waals surface area (Å²) in [6, 6.07) is 9.47. The monoisotopic (exact) mass is 334 g/mol. The Morgan fingerprint density at radius 2 is 2.04 bits per heavy atom. The van der Waals surface area contributed by atoms with Gasteiger partial charge in [0.25, 0.3) is 10.2 Å². The summed E-state index contributed by atoms with van der Waals surface area (Å²) in [5.41, 5.74) is 1.93. The summed E-state index contributed by atoms with van der Waals surface area (Å²) in [6.07, 6.45) is 2.02. The highest BCUT2D eigenvalue weighted by Crippen LogP contribution is 2.22. The third kappa shape index (κ3) is 3.55. The van der Waals surface area contributed by atoms with Crippen LogP contribution in [0.25, 0.3) is 10.9 Å². The first-order chi connectivity index (χ1) is 10.9. The van der Waals surface area contributed by atoms with E-state index in [0.29, 0.717) is 13.1 Å². The second-order valence-corrected chi connectivity index (χ2v) is 7.51. The first-order valence-corrected chi connectivity index (χ1v) is 8.96. The van der Waals surface area contributed by atoms with Gasteiger partial charge in [0.05, 0.1) is 12.5 Å². The highest BCUT2D eigenvalue weighted by molar-refractivity contribution is 7.86. The second-order valence-electron chi connectivity index (χ2n) is 5.52. The van der Waals surface area contributed by atoms with Crippen LogP contribution >= 0.6 is 0 Å². The average Bonchev–Trinajstić information content (AvgIpc) is 2.95. The quantitative estimate of drug-likeness (QED) is 0.844. The number of aromatic nitrogens is 1. The van der Waals surface area contributed by atoms with Gasteiger partial charge in [-0.05, 0) is 18.6 Å². The van der Waals surface area contributed by atoms with Gasteiger partial charge in [0, 0.05) is 43.3 Å². The third-order valence-electron chi connectivity index (χ3n) is 4.07.